The molecule has 1 fully saturated rings. The van der Waals surface area contributed by atoms with Crippen LogP contribution < -0.4 is 9.64 Å². The summed E-state index contributed by atoms with van der Waals surface area (Å²) < 4.78 is 54.0. The van der Waals surface area contributed by atoms with E-state index in [2.05, 4.69) is 16.7 Å². The first-order valence-electron chi connectivity index (χ1n) is 11.4. The summed E-state index contributed by atoms with van der Waals surface area (Å²) in [7, 11) is -0.549. The molecule has 180 valence electrons. The normalized spacial score (nSPS) is 23.3. The predicted molar refractivity (Wildman–Crippen MR) is 126 cm³/mol. The van der Waals surface area contributed by atoms with E-state index < -0.39 is 22.3 Å². The van der Waals surface area contributed by atoms with Crippen molar-refractivity contribution in [3.05, 3.63) is 53.8 Å². The first-order chi connectivity index (χ1) is 15.9. The lowest BCUT2D eigenvalue weighted by Gasteiger charge is -2.49. The highest BCUT2D eigenvalue weighted by molar-refractivity contribution is 7.89. The molecular formula is C24H32FN3O4S. The highest BCUT2D eigenvalue weighted by atomic mass is 32.2. The van der Waals surface area contributed by atoms with Gasteiger partial charge in [0, 0.05) is 51.1 Å². The molecule has 2 atom stereocenters. The lowest BCUT2D eigenvalue weighted by molar-refractivity contribution is -0.0470. The largest absolute Gasteiger partial charge is 0.496 e. The molecule has 0 aliphatic carbocycles. The molecule has 7 nitrogen and oxygen atoms in total. The molecule has 0 amide bonds. The van der Waals surface area contributed by atoms with E-state index in [-0.39, 0.29) is 10.7 Å². The summed E-state index contributed by atoms with van der Waals surface area (Å²) in [5, 5.41) is 0. The first kappa shape index (κ1) is 23.9. The van der Waals surface area contributed by atoms with E-state index >= 15 is 0 Å². The molecule has 2 aliphatic rings. The van der Waals surface area contributed by atoms with Gasteiger partial charge in [-0.1, -0.05) is 19.4 Å². The number of hydrogen-bond acceptors (Lipinski definition) is 6. The average molecular weight is 478 g/mol. The highest BCUT2D eigenvalue weighted by Crippen LogP contribution is 2.44. The molecule has 0 saturated carbocycles. The van der Waals surface area contributed by atoms with Gasteiger partial charge in [-0.05, 0) is 42.8 Å². The number of hydrogen-bond donors (Lipinski definition) is 0. The van der Waals surface area contributed by atoms with Crippen molar-refractivity contribution >= 4 is 15.7 Å². The lowest BCUT2D eigenvalue weighted by atomic mass is 10.0. The monoisotopic (exact) mass is 477 g/mol. The van der Waals surface area contributed by atoms with Crippen molar-refractivity contribution in [1.29, 1.82) is 0 Å². The Morgan fingerprint density at radius 3 is 2.33 bits per heavy atom. The van der Waals surface area contributed by atoms with Crippen molar-refractivity contribution in [1.82, 2.24) is 9.21 Å². The summed E-state index contributed by atoms with van der Waals surface area (Å²) in [5.41, 5.74) is 1.55. The van der Waals surface area contributed by atoms with Crippen LogP contribution in [0.1, 0.15) is 31.4 Å². The van der Waals surface area contributed by atoms with Crippen LogP contribution in [-0.4, -0.2) is 70.7 Å². The van der Waals surface area contributed by atoms with Gasteiger partial charge in [0.25, 0.3) is 0 Å². The van der Waals surface area contributed by atoms with Crippen molar-refractivity contribution in [3.8, 4) is 5.75 Å². The number of methoxy groups -OCH3 is 2. The van der Waals surface area contributed by atoms with Gasteiger partial charge in [0.1, 0.15) is 23.8 Å². The zero-order chi connectivity index (χ0) is 23.6. The van der Waals surface area contributed by atoms with Crippen LogP contribution >= 0.6 is 0 Å². The predicted octanol–water partition coefficient (Wildman–Crippen LogP) is 3.47. The number of halogens is 1. The Balaban J connectivity index is 1.68. The summed E-state index contributed by atoms with van der Waals surface area (Å²) >= 11 is 0. The Morgan fingerprint density at radius 1 is 1.03 bits per heavy atom. The molecule has 2 aromatic carbocycles. The lowest BCUT2D eigenvalue weighted by Crippen LogP contribution is -2.61. The number of anilines is 1. The highest BCUT2D eigenvalue weighted by Gasteiger charge is 2.48. The zero-order valence-corrected chi connectivity index (χ0v) is 20.2. The van der Waals surface area contributed by atoms with Gasteiger partial charge in [0.15, 0.2) is 0 Å². The number of sulfonamides is 1. The third kappa shape index (κ3) is 4.47. The fraction of sp³-hybridized carbons (Fsp3) is 0.500. The molecule has 0 bridgehead atoms. The minimum atomic E-state index is -3.72. The molecule has 1 saturated heterocycles. The zero-order valence-electron chi connectivity index (χ0n) is 19.4. The van der Waals surface area contributed by atoms with E-state index in [1.165, 1.54) is 12.1 Å². The molecule has 0 spiro atoms. The molecule has 0 N–H and O–H groups in total. The number of piperazine rings is 1. The molecule has 2 aliphatic heterocycles. The summed E-state index contributed by atoms with van der Waals surface area (Å²) in [6.07, 6.45) is 0.709. The molecule has 33 heavy (non-hydrogen) atoms. The van der Waals surface area contributed by atoms with Crippen LogP contribution in [0.3, 0.4) is 0 Å². The number of unbranched alkanes of at least 4 members (excludes halogenated alkanes) is 1. The van der Waals surface area contributed by atoms with Crippen molar-refractivity contribution in [2.45, 2.75) is 36.9 Å². The molecule has 0 radical (unpaired) electrons. The van der Waals surface area contributed by atoms with E-state index in [0.29, 0.717) is 44.0 Å². The summed E-state index contributed by atoms with van der Waals surface area (Å²) in [6, 6.07) is 11.6. The van der Waals surface area contributed by atoms with Crippen LogP contribution in [0.2, 0.25) is 0 Å². The number of benzene rings is 2. The smallest absolute Gasteiger partial charge is 0.245 e. The van der Waals surface area contributed by atoms with Gasteiger partial charge in [0.2, 0.25) is 10.0 Å². The standard InChI is InChI=1S/C24H32FN3O4S/c1-4-5-13-28-24(27-16-14-26(15-17-27)19-11-9-18(25)10-12-19)23(32-3)22-20(31-2)7-6-8-21(22)33(28,29)30/h6-12,23-24H,4-5,13-17H2,1-3H3. The molecule has 2 unspecified atom stereocenters. The van der Waals surface area contributed by atoms with Crippen molar-refractivity contribution in [3.63, 3.8) is 0 Å². The number of rotatable bonds is 7. The van der Waals surface area contributed by atoms with Crippen LogP contribution in [0.15, 0.2) is 47.4 Å². The second-order valence-electron chi connectivity index (χ2n) is 8.41. The van der Waals surface area contributed by atoms with Gasteiger partial charge in [-0.2, -0.15) is 4.31 Å². The minimum absolute atomic E-state index is 0.256. The maximum absolute atomic E-state index is 13.8. The maximum atomic E-state index is 13.8. The number of ether oxygens (including phenoxy) is 2. The first-order valence-corrected chi connectivity index (χ1v) is 12.8. The second kappa shape index (κ2) is 9.97. The van der Waals surface area contributed by atoms with Gasteiger partial charge in [-0.3, -0.25) is 4.90 Å². The Hall–Kier alpha value is -2.20. The minimum Gasteiger partial charge on any atom is -0.496 e. The van der Waals surface area contributed by atoms with E-state index in [1.54, 1.807) is 48.9 Å². The van der Waals surface area contributed by atoms with Crippen LogP contribution in [0.4, 0.5) is 10.1 Å². The molecule has 4 rings (SSSR count). The third-order valence-corrected chi connectivity index (χ3v) is 8.48. The molecular weight excluding hydrogens is 445 g/mol. The molecule has 2 aromatic rings. The van der Waals surface area contributed by atoms with Crippen LogP contribution in [0.5, 0.6) is 5.75 Å². The van der Waals surface area contributed by atoms with Gasteiger partial charge in [0.05, 0.1) is 12.0 Å². The fourth-order valence-electron chi connectivity index (χ4n) is 4.85. The average Bonchev–Trinajstić information content (AvgIpc) is 2.83. The summed E-state index contributed by atoms with van der Waals surface area (Å²) in [6.45, 7) is 5.21. The second-order valence-corrected chi connectivity index (χ2v) is 10.3. The Bertz CT molecular complexity index is 1060. The van der Waals surface area contributed by atoms with Gasteiger partial charge in [-0.25, -0.2) is 12.8 Å². The van der Waals surface area contributed by atoms with Crippen molar-refractivity contribution in [2.24, 2.45) is 0 Å². The molecule has 9 heteroatoms. The van der Waals surface area contributed by atoms with Gasteiger partial charge >= 0.3 is 0 Å². The van der Waals surface area contributed by atoms with Crippen LogP contribution in [0, 0.1) is 5.82 Å². The van der Waals surface area contributed by atoms with E-state index in [1.807, 2.05) is 0 Å². The summed E-state index contributed by atoms with van der Waals surface area (Å²) in [5.74, 6) is 0.264. The fourth-order valence-corrected chi connectivity index (χ4v) is 6.75. The third-order valence-electron chi connectivity index (χ3n) is 6.55. The molecule has 2 heterocycles. The number of fused-ring (bicyclic) bond motifs is 1. The van der Waals surface area contributed by atoms with Crippen LogP contribution in [-0.2, 0) is 14.8 Å². The van der Waals surface area contributed by atoms with Gasteiger partial charge in [-0.15, -0.1) is 0 Å². The topological polar surface area (TPSA) is 62.3 Å². The van der Waals surface area contributed by atoms with Gasteiger partial charge < -0.3 is 14.4 Å². The maximum Gasteiger partial charge on any atom is 0.245 e. The van der Waals surface area contributed by atoms with E-state index in [9.17, 15) is 12.8 Å². The Morgan fingerprint density at radius 2 is 1.73 bits per heavy atom. The van der Waals surface area contributed by atoms with E-state index in [0.717, 1.165) is 18.5 Å². The van der Waals surface area contributed by atoms with Crippen LogP contribution in [0.25, 0.3) is 0 Å². The Kier molecular flexibility index (Phi) is 7.23. The van der Waals surface area contributed by atoms with Crippen molar-refractivity contribution in [2.75, 3.05) is 51.8 Å². The summed E-state index contributed by atoms with van der Waals surface area (Å²) in [4.78, 5) is 4.64. The SMILES string of the molecule is CCCCN1C(N2CCN(c3ccc(F)cc3)CC2)C(OC)c2c(OC)cccc2S1(=O)=O. The van der Waals surface area contributed by atoms with Crippen molar-refractivity contribution < 1.29 is 22.3 Å². The Labute approximate surface area is 195 Å². The van der Waals surface area contributed by atoms with E-state index in [4.69, 9.17) is 9.47 Å². The number of nitrogens with zero attached hydrogens (tertiary/aromatic N) is 3. The quantitative estimate of drug-likeness (QED) is 0.609. The molecule has 0 aromatic heterocycles.